The molecule has 3 N–H and O–H groups in total. The zero-order chi connectivity index (χ0) is 30.3. The molecule has 3 aromatic carbocycles. The van der Waals surface area contributed by atoms with Crippen molar-refractivity contribution in [3.63, 3.8) is 0 Å². The summed E-state index contributed by atoms with van der Waals surface area (Å²) in [5, 5.41) is 22.1. The van der Waals surface area contributed by atoms with Crippen LogP contribution in [0, 0.1) is 11.3 Å². The van der Waals surface area contributed by atoms with Crippen LogP contribution in [0.4, 0.5) is 5.69 Å². The maximum Gasteiger partial charge on any atom is 0.335 e. The minimum absolute atomic E-state index is 0.277. The Hall–Kier alpha value is -5.62. The molecule has 0 atom stereocenters. The molecule has 212 valence electrons. The summed E-state index contributed by atoms with van der Waals surface area (Å²) in [5.41, 5.74) is 4.22. The monoisotopic (exact) mass is 562 g/mol. The van der Waals surface area contributed by atoms with Gasteiger partial charge in [-0.2, -0.15) is 5.26 Å². The van der Waals surface area contributed by atoms with Crippen molar-refractivity contribution >= 4 is 28.5 Å². The van der Waals surface area contributed by atoms with Crippen LogP contribution in [0.3, 0.4) is 0 Å². The third kappa shape index (κ3) is 6.57. The zero-order valence-electron chi connectivity index (χ0n) is 23.6. The van der Waals surface area contributed by atoms with Crippen LogP contribution in [0.5, 0.6) is 11.5 Å². The molecule has 5 aromatic rings. The number of carboxylic acids is 1. The Morgan fingerprint density at radius 3 is 2.38 bits per heavy atom. The highest BCUT2D eigenvalue weighted by molar-refractivity contribution is 6.05. The van der Waals surface area contributed by atoms with Crippen molar-refractivity contribution in [1.82, 2.24) is 9.97 Å². The fourth-order valence-electron chi connectivity index (χ4n) is 4.36. The first-order chi connectivity index (χ1) is 20.2. The van der Waals surface area contributed by atoms with Crippen LogP contribution < -0.4 is 14.8 Å². The van der Waals surface area contributed by atoms with E-state index >= 15 is 0 Å². The number of aromatic amines is 1. The van der Waals surface area contributed by atoms with E-state index in [0.717, 1.165) is 27.6 Å². The van der Waals surface area contributed by atoms with Crippen LogP contribution in [0.1, 0.15) is 40.1 Å². The molecule has 1 amide bonds. The molecule has 0 bridgehead atoms. The summed E-state index contributed by atoms with van der Waals surface area (Å²) in [6.45, 7) is 3.73. The summed E-state index contributed by atoms with van der Waals surface area (Å²) in [7, 11) is 3.07. The van der Waals surface area contributed by atoms with E-state index in [1.807, 2.05) is 44.2 Å². The van der Waals surface area contributed by atoms with Crippen LogP contribution in [-0.2, 0) is 5.41 Å². The summed E-state index contributed by atoms with van der Waals surface area (Å²) in [6, 6.07) is 23.5. The van der Waals surface area contributed by atoms with Gasteiger partial charge < -0.3 is 24.9 Å². The van der Waals surface area contributed by atoms with Crippen LogP contribution in [0.15, 0.2) is 91.4 Å². The molecular formula is C33H30N4O5. The smallest absolute Gasteiger partial charge is 0.335 e. The number of aromatic nitrogens is 2. The minimum Gasteiger partial charge on any atom is -0.493 e. The quantitative estimate of drug-likeness (QED) is 0.201. The van der Waals surface area contributed by atoms with E-state index in [4.69, 9.17) is 14.6 Å². The average Bonchev–Trinajstić information content (AvgIpc) is 3.49. The van der Waals surface area contributed by atoms with Gasteiger partial charge >= 0.3 is 5.97 Å². The molecular weight excluding hydrogens is 532 g/mol. The van der Waals surface area contributed by atoms with Crippen molar-refractivity contribution < 1.29 is 24.2 Å². The number of benzene rings is 3. The zero-order valence-corrected chi connectivity index (χ0v) is 23.6. The van der Waals surface area contributed by atoms with Crippen molar-refractivity contribution in [2.24, 2.45) is 0 Å². The molecule has 0 radical (unpaired) electrons. The lowest BCUT2D eigenvalue weighted by Crippen LogP contribution is -2.17. The van der Waals surface area contributed by atoms with Gasteiger partial charge in [0.05, 0.1) is 31.3 Å². The molecule has 0 spiro atoms. The highest BCUT2D eigenvalue weighted by Gasteiger charge is 2.24. The molecule has 0 aliphatic heterocycles. The van der Waals surface area contributed by atoms with Gasteiger partial charge in [0.1, 0.15) is 0 Å². The second-order valence-electron chi connectivity index (χ2n) is 9.85. The fourth-order valence-corrected chi connectivity index (χ4v) is 4.36. The number of carbonyl (C=O) groups is 2. The number of carboxylic acid groups (broad SMARTS) is 1. The van der Waals surface area contributed by atoms with E-state index in [2.05, 4.69) is 21.4 Å². The number of carbonyl (C=O) groups excluding carboxylic acids is 1. The summed E-state index contributed by atoms with van der Waals surface area (Å²) in [4.78, 5) is 30.5. The van der Waals surface area contributed by atoms with Crippen molar-refractivity contribution in [2.75, 3.05) is 19.5 Å². The van der Waals surface area contributed by atoms with Crippen LogP contribution in [0.2, 0.25) is 0 Å². The van der Waals surface area contributed by atoms with Crippen LogP contribution >= 0.6 is 0 Å². The van der Waals surface area contributed by atoms with Crippen molar-refractivity contribution in [2.45, 2.75) is 19.3 Å². The predicted molar refractivity (Wildman–Crippen MR) is 161 cm³/mol. The predicted octanol–water partition coefficient (Wildman–Crippen LogP) is 6.69. The molecule has 2 heterocycles. The second kappa shape index (κ2) is 12.7. The molecule has 42 heavy (non-hydrogen) atoms. The number of nitrogens with one attached hydrogen (secondary N) is 2. The lowest BCUT2D eigenvalue weighted by molar-refractivity contribution is 0.0696. The molecule has 0 aliphatic carbocycles. The Kier molecular flexibility index (Phi) is 8.88. The highest BCUT2D eigenvalue weighted by Crippen LogP contribution is 2.35. The van der Waals surface area contributed by atoms with E-state index in [9.17, 15) is 14.9 Å². The van der Waals surface area contributed by atoms with Gasteiger partial charge in [-0.1, -0.05) is 12.1 Å². The van der Waals surface area contributed by atoms with Gasteiger partial charge in [-0.25, -0.2) is 4.79 Å². The number of fused-ring (bicyclic) bond motifs is 1. The first kappa shape index (κ1) is 29.4. The topological polar surface area (TPSA) is 137 Å². The third-order valence-corrected chi connectivity index (χ3v) is 6.65. The summed E-state index contributed by atoms with van der Waals surface area (Å²) < 4.78 is 10.5. The second-order valence-corrected chi connectivity index (χ2v) is 9.85. The number of rotatable bonds is 7. The first-order valence-corrected chi connectivity index (χ1v) is 13.0. The van der Waals surface area contributed by atoms with Crippen LogP contribution in [-0.4, -0.2) is 41.2 Å². The standard InChI is InChI=1S/C24H23N3O3.C9H7NO2/c1-24(2,15-25)20-9-8-18(13-19(20)17-6-5-11-26-14-17)27-23(28)16-7-10-21(29-3)22(12-16)30-4;11-9(12)7-1-2-8-6(5-7)3-4-10-8/h5-14H,1-4H3,(H,27,28);1-5,10H,(H,11,12). The number of methoxy groups -OCH3 is 2. The van der Waals surface area contributed by atoms with E-state index < -0.39 is 11.4 Å². The average molecular weight is 563 g/mol. The number of hydrogen-bond acceptors (Lipinski definition) is 6. The SMILES string of the molecule is COc1ccc(C(=O)Nc2ccc(C(C)(C)C#N)c(-c3cccnc3)c2)cc1OC.O=C(O)c1ccc2[nH]ccc2c1. The van der Waals surface area contributed by atoms with E-state index in [-0.39, 0.29) is 5.91 Å². The molecule has 0 saturated carbocycles. The number of nitrogens with zero attached hydrogens (tertiary/aromatic N) is 2. The highest BCUT2D eigenvalue weighted by atomic mass is 16.5. The summed E-state index contributed by atoms with van der Waals surface area (Å²) in [5.74, 6) is -0.137. The van der Waals surface area contributed by atoms with Gasteiger partial charge in [-0.15, -0.1) is 0 Å². The van der Waals surface area contributed by atoms with E-state index in [1.54, 1.807) is 68.2 Å². The molecule has 5 rings (SSSR count). The van der Waals surface area contributed by atoms with Crippen molar-refractivity contribution in [3.05, 3.63) is 108 Å². The lowest BCUT2D eigenvalue weighted by atomic mass is 9.81. The van der Waals surface area contributed by atoms with E-state index in [0.29, 0.717) is 28.3 Å². The van der Waals surface area contributed by atoms with E-state index in [1.165, 1.54) is 7.11 Å². The number of hydrogen-bond donors (Lipinski definition) is 3. The number of pyridine rings is 1. The van der Waals surface area contributed by atoms with Gasteiger partial charge in [0.2, 0.25) is 0 Å². The third-order valence-electron chi connectivity index (χ3n) is 6.65. The van der Waals surface area contributed by atoms with Gasteiger partial charge in [0.25, 0.3) is 5.91 Å². The Balaban J connectivity index is 0.000000279. The van der Waals surface area contributed by atoms with Gasteiger partial charge in [0.15, 0.2) is 11.5 Å². The fraction of sp³-hybridized carbons (Fsp3) is 0.152. The van der Waals surface area contributed by atoms with Crippen LogP contribution in [0.25, 0.3) is 22.0 Å². The molecule has 0 aliphatic rings. The summed E-state index contributed by atoms with van der Waals surface area (Å²) >= 11 is 0. The Morgan fingerprint density at radius 2 is 1.71 bits per heavy atom. The Labute approximate surface area is 243 Å². The summed E-state index contributed by atoms with van der Waals surface area (Å²) in [6.07, 6.45) is 5.23. The number of nitriles is 1. The number of H-pyrrole nitrogens is 1. The number of amides is 1. The molecule has 0 saturated heterocycles. The van der Waals surface area contributed by atoms with Gasteiger partial charge in [0, 0.05) is 46.3 Å². The minimum atomic E-state index is -0.891. The van der Waals surface area contributed by atoms with Crippen molar-refractivity contribution in [1.29, 1.82) is 5.26 Å². The number of ether oxygens (including phenoxy) is 2. The van der Waals surface area contributed by atoms with Crippen molar-refractivity contribution in [3.8, 4) is 28.7 Å². The normalized spacial score (nSPS) is 10.6. The maximum absolute atomic E-state index is 12.8. The maximum atomic E-state index is 12.8. The van der Waals surface area contributed by atoms with Gasteiger partial charge in [-0.3, -0.25) is 9.78 Å². The molecule has 0 unspecified atom stereocenters. The largest absolute Gasteiger partial charge is 0.493 e. The molecule has 0 fully saturated rings. The van der Waals surface area contributed by atoms with Gasteiger partial charge in [-0.05, 0) is 85.6 Å². The Morgan fingerprint density at radius 1 is 0.952 bits per heavy atom. The molecule has 9 nitrogen and oxygen atoms in total. The Bertz CT molecular complexity index is 1770. The molecule has 9 heteroatoms. The molecule has 2 aromatic heterocycles. The lowest BCUT2D eigenvalue weighted by Gasteiger charge is -2.21. The first-order valence-electron chi connectivity index (χ1n) is 13.0. The number of anilines is 1. The number of aromatic carboxylic acids is 1.